The average Bonchev–Trinajstić information content (AvgIpc) is 3.07. The monoisotopic (exact) mass is 685 g/mol. The normalized spacial score (nSPS) is 13.1. The Kier molecular flexibility index (Phi) is 12.7. The molecular formula is C37H43N5O6S. The minimum Gasteiger partial charge on any atom is -0.390 e. The summed E-state index contributed by atoms with van der Waals surface area (Å²) in [7, 11) is -2.38. The van der Waals surface area contributed by atoms with Crippen molar-refractivity contribution in [2.75, 3.05) is 29.5 Å². The number of aliphatic hydroxyl groups excluding tert-OH is 1. The van der Waals surface area contributed by atoms with E-state index >= 15 is 0 Å². The molecule has 0 fully saturated rings. The molecule has 49 heavy (non-hydrogen) atoms. The molecule has 258 valence electrons. The molecular weight excluding hydrogens is 643 g/mol. The third-order valence-electron chi connectivity index (χ3n) is 7.96. The van der Waals surface area contributed by atoms with Crippen LogP contribution in [0.4, 0.5) is 11.4 Å². The summed E-state index contributed by atoms with van der Waals surface area (Å²) in [6.07, 6.45) is 0.309. The van der Waals surface area contributed by atoms with Crippen LogP contribution in [0.2, 0.25) is 0 Å². The summed E-state index contributed by atoms with van der Waals surface area (Å²) in [6.45, 7) is 3.79. The first kappa shape index (κ1) is 36.8. The van der Waals surface area contributed by atoms with E-state index in [1.807, 2.05) is 85.8 Å². The van der Waals surface area contributed by atoms with E-state index < -0.39 is 34.0 Å². The molecule has 0 saturated carbocycles. The zero-order valence-electron chi connectivity index (χ0n) is 28.0. The summed E-state index contributed by atoms with van der Waals surface area (Å²) in [4.78, 5) is 38.7. The summed E-state index contributed by atoms with van der Waals surface area (Å²) in [5, 5.41) is 23.1. The SMILES string of the molecule is CC(=O)Nc1cccc(CNC[C@@H](O)[C@H](Cc2ccccc2)NC(=O)c2cc(C(=O)N[C@H](C)c3ccccc3)cc(N(C)S(C)(=O)=O)c2)c1. The Morgan fingerprint density at radius 3 is 2.00 bits per heavy atom. The number of hydrogen-bond donors (Lipinski definition) is 5. The summed E-state index contributed by atoms with van der Waals surface area (Å²) >= 11 is 0. The van der Waals surface area contributed by atoms with Gasteiger partial charge in [0.05, 0.1) is 30.1 Å². The van der Waals surface area contributed by atoms with Gasteiger partial charge in [-0.15, -0.1) is 0 Å². The molecule has 12 heteroatoms. The number of anilines is 2. The zero-order valence-corrected chi connectivity index (χ0v) is 28.8. The van der Waals surface area contributed by atoms with Crippen LogP contribution in [-0.2, 0) is 27.8 Å². The molecule has 5 N–H and O–H groups in total. The Balaban J connectivity index is 1.56. The van der Waals surface area contributed by atoms with Crippen LogP contribution in [0.25, 0.3) is 0 Å². The molecule has 0 unspecified atom stereocenters. The van der Waals surface area contributed by atoms with Crippen molar-refractivity contribution in [3.63, 3.8) is 0 Å². The van der Waals surface area contributed by atoms with Gasteiger partial charge in [-0.3, -0.25) is 18.7 Å². The van der Waals surface area contributed by atoms with Gasteiger partial charge >= 0.3 is 0 Å². The number of hydrogen-bond acceptors (Lipinski definition) is 7. The van der Waals surface area contributed by atoms with Crippen LogP contribution in [0.3, 0.4) is 0 Å². The molecule has 4 aromatic carbocycles. The Hall–Kier alpha value is -5.04. The second-order valence-corrected chi connectivity index (χ2v) is 14.0. The predicted molar refractivity (Wildman–Crippen MR) is 192 cm³/mol. The predicted octanol–water partition coefficient (Wildman–Crippen LogP) is 4.02. The first-order valence-corrected chi connectivity index (χ1v) is 17.7. The number of benzene rings is 4. The van der Waals surface area contributed by atoms with Gasteiger partial charge in [0.25, 0.3) is 11.8 Å². The van der Waals surface area contributed by atoms with Gasteiger partial charge in [-0.2, -0.15) is 0 Å². The van der Waals surface area contributed by atoms with Gasteiger partial charge in [-0.1, -0.05) is 72.8 Å². The molecule has 0 aromatic heterocycles. The van der Waals surface area contributed by atoms with E-state index in [1.165, 1.54) is 32.2 Å². The molecule has 0 heterocycles. The Morgan fingerprint density at radius 1 is 0.796 bits per heavy atom. The summed E-state index contributed by atoms with van der Waals surface area (Å²) < 4.78 is 25.9. The van der Waals surface area contributed by atoms with E-state index in [9.17, 15) is 27.9 Å². The lowest BCUT2D eigenvalue weighted by Crippen LogP contribution is -2.48. The fourth-order valence-corrected chi connectivity index (χ4v) is 5.71. The number of carbonyl (C=O) groups excluding carboxylic acids is 3. The molecule has 4 rings (SSSR count). The number of nitrogens with zero attached hydrogens (tertiary/aromatic N) is 1. The highest BCUT2D eigenvalue weighted by molar-refractivity contribution is 7.92. The van der Waals surface area contributed by atoms with Crippen molar-refractivity contribution in [1.82, 2.24) is 16.0 Å². The Labute approximate surface area is 287 Å². The van der Waals surface area contributed by atoms with Gasteiger partial charge in [-0.05, 0) is 60.4 Å². The van der Waals surface area contributed by atoms with E-state index in [1.54, 1.807) is 6.07 Å². The number of sulfonamides is 1. The first-order chi connectivity index (χ1) is 23.3. The minimum absolute atomic E-state index is 0.0542. The quantitative estimate of drug-likeness (QED) is 0.127. The number of rotatable bonds is 15. The molecule has 11 nitrogen and oxygen atoms in total. The van der Waals surface area contributed by atoms with E-state index in [0.29, 0.717) is 18.7 Å². The van der Waals surface area contributed by atoms with Crippen molar-refractivity contribution >= 4 is 39.1 Å². The van der Waals surface area contributed by atoms with Crippen molar-refractivity contribution in [3.05, 3.63) is 131 Å². The molecule has 0 spiro atoms. The van der Waals surface area contributed by atoms with Crippen molar-refractivity contribution in [2.45, 2.75) is 45.0 Å². The molecule has 0 radical (unpaired) electrons. The van der Waals surface area contributed by atoms with Crippen molar-refractivity contribution in [2.24, 2.45) is 0 Å². The van der Waals surface area contributed by atoms with E-state index in [4.69, 9.17) is 0 Å². The lowest BCUT2D eigenvalue weighted by molar-refractivity contribution is -0.114. The van der Waals surface area contributed by atoms with Crippen LogP contribution in [0.1, 0.15) is 57.3 Å². The van der Waals surface area contributed by atoms with Crippen LogP contribution in [0.5, 0.6) is 0 Å². The third-order valence-corrected chi connectivity index (χ3v) is 9.17. The fraction of sp³-hybridized carbons (Fsp3) is 0.270. The largest absolute Gasteiger partial charge is 0.390 e. The Bertz CT molecular complexity index is 1850. The smallest absolute Gasteiger partial charge is 0.251 e. The number of carbonyl (C=O) groups is 3. The van der Waals surface area contributed by atoms with Crippen molar-refractivity contribution in [1.29, 1.82) is 0 Å². The second kappa shape index (κ2) is 16.9. The van der Waals surface area contributed by atoms with Crippen LogP contribution < -0.4 is 25.6 Å². The number of aliphatic hydroxyl groups is 1. The fourth-order valence-electron chi connectivity index (χ4n) is 5.22. The minimum atomic E-state index is -3.73. The standard InChI is InChI=1S/C37H43N5O6S/c1-25(29-15-9-6-10-16-29)39-36(45)30-20-31(22-33(21-30)42(3)49(4,47)48)37(46)41-34(19-27-12-7-5-8-13-27)35(44)24-38-23-28-14-11-17-32(18-28)40-26(2)43/h5-18,20-22,25,34-35,38,44H,19,23-24H2,1-4H3,(H,39,45)(H,40,43)(H,41,46)/t25-,34+,35-/m1/s1. The molecule has 0 aliphatic carbocycles. The lowest BCUT2D eigenvalue weighted by atomic mass is 10.00. The molecule has 0 aliphatic heterocycles. The van der Waals surface area contributed by atoms with Gasteiger partial charge in [0.2, 0.25) is 15.9 Å². The van der Waals surface area contributed by atoms with Gasteiger partial charge in [0.1, 0.15) is 0 Å². The molecule has 4 aromatic rings. The summed E-state index contributed by atoms with van der Waals surface area (Å²) in [5.74, 6) is -1.25. The van der Waals surface area contributed by atoms with Crippen molar-refractivity contribution < 1.29 is 27.9 Å². The number of nitrogens with one attached hydrogen (secondary N) is 4. The van der Waals surface area contributed by atoms with Gasteiger partial charge in [0.15, 0.2) is 0 Å². The van der Waals surface area contributed by atoms with E-state index in [-0.39, 0.29) is 35.3 Å². The van der Waals surface area contributed by atoms with Crippen molar-refractivity contribution in [3.8, 4) is 0 Å². The van der Waals surface area contributed by atoms with Gasteiger partial charge in [-0.25, -0.2) is 8.42 Å². The van der Waals surface area contributed by atoms with Crippen LogP contribution >= 0.6 is 0 Å². The maximum Gasteiger partial charge on any atom is 0.251 e. The average molecular weight is 686 g/mol. The molecule has 3 atom stereocenters. The summed E-state index contributed by atoms with van der Waals surface area (Å²) in [5.41, 5.74) is 3.60. The van der Waals surface area contributed by atoms with Crippen LogP contribution in [-0.4, -0.2) is 63.2 Å². The van der Waals surface area contributed by atoms with Gasteiger partial charge < -0.3 is 26.4 Å². The third kappa shape index (κ3) is 11.0. The maximum absolute atomic E-state index is 13.8. The van der Waals surface area contributed by atoms with Crippen LogP contribution in [0.15, 0.2) is 103 Å². The lowest BCUT2D eigenvalue weighted by Gasteiger charge is -2.26. The van der Waals surface area contributed by atoms with E-state index in [0.717, 1.165) is 27.3 Å². The maximum atomic E-state index is 13.8. The Morgan fingerprint density at radius 2 is 1.39 bits per heavy atom. The molecule has 0 saturated heterocycles. The molecule has 0 bridgehead atoms. The van der Waals surface area contributed by atoms with Crippen LogP contribution in [0, 0.1) is 0 Å². The molecule has 0 aliphatic rings. The second-order valence-electron chi connectivity index (χ2n) is 12.0. The highest BCUT2D eigenvalue weighted by Crippen LogP contribution is 2.22. The highest BCUT2D eigenvalue weighted by Gasteiger charge is 2.25. The van der Waals surface area contributed by atoms with Gasteiger partial charge in [0, 0.05) is 43.9 Å². The topological polar surface area (TPSA) is 157 Å². The first-order valence-electron chi connectivity index (χ1n) is 15.8. The number of amides is 3. The summed E-state index contributed by atoms with van der Waals surface area (Å²) in [6, 6.07) is 29.2. The van der Waals surface area contributed by atoms with E-state index in [2.05, 4.69) is 21.3 Å². The highest BCUT2D eigenvalue weighted by atomic mass is 32.2. The molecule has 3 amide bonds. The zero-order chi connectivity index (χ0) is 35.6.